The lowest BCUT2D eigenvalue weighted by atomic mass is 9.91. The fraction of sp³-hybridized carbons (Fsp3) is 0.571. The highest BCUT2D eigenvalue weighted by Gasteiger charge is 2.15. The highest BCUT2D eigenvalue weighted by atomic mass is 28.1. The minimum atomic E-state index is 0.524. The summed E-state index contributed by atoms with van der Waals surface area (Å²) in [7, 11) is 1.15. The van der Waals surface area contributed by atoms with E-state index in [0.29, 0.717) is 12.0 Å². The van der Waals surface area contributed by atoms with Crippen molar-refractivity contribution >= 4 is 15.4 Å². The van der Waals surface area contributed by atoms with Crippen LogP contribution in [0.5, 0.6) is 0 Å². The summed E-state index contributed by atoms with van der Waals surface area (Å²) in [5.41, 5.74) is 3.11. The Bertz CT molecular complexity index is 334. The van der Waals surface area contributed by atoms with Crippen LogP contribution in [0.25, 0.3) is 0 Å². The van der Waals surface area contributed by atoms with Crippen LogP contribution in [0.4, 0.5) is 0 Å². The zero-order valence-corrected chi connectivity index (χ0v) is 13.3. The van der Waals surface area contributed by atoms with Gasteiger partial charge in [-0.3, -0.25) is 0 Å². The highest BCUT2D eigenvalue weighted by molar-refractivity contribution is 6.33. The van der Waals surface area contributed by atoms with Crippen LogP contribution in [0, 0.1) is 0 Å². The molecule has 90 valence electrons. The Morgan fingerprint density at radius 3 is 2.44 bits per heavy atom. The van der Waals surface area contributed by atoms with E-state index in [0.717, 1.165) is 16.8 Å². The van der Waals surface area contributed by atoms with Crippen molar-refractivity contribution in [1.29, 1.82) is 0 Å². The Labute approximate surface area is 103 Å². The quantitative estimate of drug-likeness (QED) is 0.768. The lowest BCUT2D eigenvalue weighted by Crippen LogP contribution is -2.25. The second kappa shape index (κ2) is 6.21. The molecule has 1 unspecified atom stereocenters. The molecule has 0 amide bonds. The van der Waals surface area contributed by atoms with Crippen molar-refractivity contribution in [3.05, 3.63) is 29.3 Å². The fourth-order valence-electron chi connectivity index (χ4n) is 2.52. The number of benzene rings is 1. The molecule has 0 heterocycles. The molecule has 16 heavy (non-hydrogen) atoms. The molecule has 1 aromatic carbocycles. The van der Waals surface area contributed by atoms with E-state index in [1.807, 2.05) is 0 Å². The Balaban J connectivity index is 3.15. The Morgan fingerprint density at radius 2 is 1.94 bits per heavy atom. The third kappa shape index (κ3) is 2.95. The summed E-state index contributed by atoms with van der Waals surface area (Å²) in [5.74, 6) is 0.636. The van der Waals surface area contributed by atoms with Gasteiger partial charge in [-0.1, -0.05) is 51.1 Å². The van der Waals surface area contributed by atoms with E-state index in [1.165, 1.54) is 12.0 Å². The smallest absolute Gasteiger partial charge is 0.0388 e. The monoisotopic (exact) mass is 235 g/mol. The zero-order chi connectivity index (χ0) is 12.1. The van der Waals surface area contributed by atoms with Crippen LogP contribution in [0.3, 0.4) is 0 Å². The SMILES string of the molecule is CCNC(CC)c1cccc([SiH3])c1C(C)C. The second-order valence-electron chi connectivity index (χ2n) is 4.75. The van der Waals surface area contributed by atoms with Crippen molar-refractivity contribution in [2.24, 2.45) is 0 Å². The molecule has 0 fully saturated rings. The van der Waals surface area contributed by atoms with Crippen molar-refractivity contribution in [3.8, 4) is 0 Å². The first-order valence-electron chi connectivity index (χ1n) is 6.44. The number of hydrogen-bond acceptors (Lipinski definition) is 1. The summed E-state index contributed by atoms with van der Waals surface area (Å²) in [6, 6.07) is 7.32. The highest BCUT2D eigenvalue weighted by Crippen LogP contribution is 2.25. The molecule has 0 aliphatic carbocycles. The van der Waals surface area contributed by atoms with Crippen molar-refractivity contribution in [3.63, 3.8) is 0 Å². The van der Waals surface area contributed by atoms with Gasteiger partial charge in [-0.15, -0.1) is 0 Å². The molecule has 0 aliphatic heterocycles. The molecule has 0 spiro atoms. The van der Waals surface area contributed by atoms with Crippen molar-refractivity contribution in [2.75, 3.05) is 6.54 Å². The first-order chi connectivity index (χ1) is 7.61. The Hall–Kier alpha value is -0.603. The standard InChI is InChI=1S/C14H25NSi/c1-5-12(15-6-2)11-8-7-9-13(16)14(11)10(3)4/h7-10,12,15H,5-6H2,1-4,16H3. The molecule has 1 rings (SSSR count). The normalized spacial score (nSPS) is 13.3. The van der Waals surface area contributed by atoms with E-state index in [4.69, 9.17) is 0 Å². The summed E-state index contributed by atoms with van der Waals surface area (Å²) in [5, 5.41) is 5.15. The molecule has 0 bridgehead atoms. The minimum absolute atomic E-state index is 0.524. The summed E-state index contributed by atoms with van der Waals surface area (Å²) in [6.07, 6.45) is 1.17. The summed E-state index contributed by atoms with van der Waals surface area (Å²) in [4.78, 5) is 0. The number of nitrogens with one attached hydrogen (secondary N) is 1. The molecule has 2 heteroatoms. The molecule has 0 aliphatic rings. The third-order valence-corrected chi connectivity index (χ3v) is 4.04. The lowest BCUT2D eigenvalue weighted by Gasteiger charge is -2.23. The van der Waals surface area contributed by atoms with E-state index < -0.39 is 0 Å². The molecular formula is C14H25NSi. The van der Waals surface area contributed by atoms with E-state index in [-0.39, 0.29) is 0 Å². The maximum absolute atomic E-state index is 3.59. The molecule has 1 atom stereocenters. The maximum atomic E-state index is 3.59. The van der Waals surface area contributed by atoms with E-state index >= 15 is 0 Å². The molecule has 1 N–H and O–H groups in total. The Morgan fingerprint density at radius 1 is 1.25 bits per heavy atom. The van der Waals surface area contributed by atoms with Crippen LogP contribution in [-0.2, 0) is 0 Å². The molecule has 0 radical (unpaired) electrons. The van der Waals surface area contributed by atoms with Crippen LogP contribution in [0.2, 0.25) is 0 Å². The largest absolute Gasteiger partial charge is 0.310 e. The third-order valence-electron chi connectivity index (χ3n) is 3.17. The van der Waals surface area contributed by atoms with Gasteiger partial charge in [0.1, 0.15) is 0 Å². The lowest BCUT2D eigenvalue weighted by molar-refractivity contribution is 0.531. The van der Waals surface area contributed by atoms with Crippen LogP contribution >= 0.6 is 0 Å². The van der Waals surface area contributed by atoms with E-state index in [1.54, 1.807) is 10.8 Å². The van der Waals surface area contributed by atoms with Crippen molar-refractivity contribution < 1.29 is 0 Å². The van der Waals surface area contributed by atoms with Crippen LogP contribution in [-0.4, -0.2) is 16.8 Å². The van der Waals surface area contributed by atoms with Gasteiger partial charge in [0.15, 0.2) is 0 Å². The molecule has 0 aromatic heterocycles. The van der Waals surface area contributed by atoms with Gasteiger partial charge in [0.25, 0.3) is 0 Å². The first-order valence-corrected chi connectivity index (χ1v) is 7.44. The molecule has 1 nitrogen and oxygen atoms in total. The van der Waals surface area contributed by atoms with Gasteiger partial charge in [-0.25, -0.2) is 0 Å². The van der Waals surface area contributed by atoms with Crippen LogP contribution in [0.15, 0.2) is 18.2 Å². The summed E-state index contributed by atoms with van der Waals surface area (Å²) < 4.78 is 0. The van der Waals surface area contributed by atoms with Gasteiger partial charge in [-0.05, 0) is 30.0 Å². The second-order valence-corrected chi connectivity index (χ2v) is 5.83. The van der Waals surface area contributed by atoms with Crippen molar-refractivity contribution in [1.82, 2.24) is 5.32 Å². The van der Waals surface area contributed by atoms with Gasteiger partial charge in [-0.2, -0.15) is 0 Å². The molecular weight excluding hydrogens is 210 g/mol. The van der Waals surface area contributed by atoms with Crippen LogP contribution in [0.1, 0.15) is 57.2 Å². The van der Waals surface area contributed by atoms with Crippen LogP contribution < -0.4 is 10.5 Å². The predicted octanol–water partition coefficient (Wildman–Crippen LogP) is 1.86. The number of rotatable bonds is 5. The maximum Gasteiger partial charge on any atom is 0.0388 e. The van der Waals surface area contributed by atoms with E-state index in [9.17, 15) is 0 Å². The summed E-state index contributed by atoms with van der Waals surface area (Å²) in [6.45, 7) is 10.1. The first kappa shape index (κ1) is 13.5. The van der Waals surface area contributed by atoms with E-state index in [2.05, 4.69) is 51.2 Å². The van der Waals surface area contributed by atoms with Gasteiger partial charge < -0.3 is 5.32 Å². The minimum Gasteiger partial charge on any atom is -0.310 e. The topological polar surface area (TPSA) is 12.0 Å². The predicted molar refractivity (Wildman–Crippen MR) is 76.8 cm³/mol. The average Bonchev–Trinajstić information content (AvgIpc) is 2.25. The zero-order valence-electron chi connectivity index (χ0n) is 11.3. The van der Waals surface area contributed by atoms with Gasteiger partial charge >= 0.3 is 0 Å². The van der Waals surface area contributed by atoms with Gasteiger partial charge in [0.05, 0.1) is 0 Å². The van der Waals surface area contributed by atoms with Gasteiger partial charge in [0, 0.05) is 16.3 Å². The van der Waals surface area contributed by atoms with Crippen molar-refractivity contribution in [2.45, 2.75) is 46.1 Å². The van der Waals surface area contributed by atoms with Gasteiger partial charge in [0.2, 0.25) is 0 Å². The molecule has 0 saturated heterocycles. The fourth-order valence-corrected chi connectivity index (χ4v) is 3.57. The average molecular weight is 235 g/mol. The number of hydrogen-bond donors (Lipinski definition) is 1. The summed E-state index contributed by atoms with van der Waals surface area (Å²) >= 11 is 0. The Kier molecular flexibility index (Phi) is 5.23. The molecule has 0 saturated carbocycles. The molecule has 1 aromatic rings.